The minimum atomic E-state index is -0.568. The first kappa shape index (κ1) is 12.1. The summed E-state index contributed by atoms with van der Waals surface area (Å²) < 4.78 is 9.22. The van der Waals surface area contributed by atoms with Gasteiger partial charge in [-0.1, -0.05) is 25.7 Å². The number of hydrogen-bond donors (Lipinski definition) is 1. The average molecular weight is 191 g/mol. The van der Waals surface area contributed by atoms with Crippen LogP contribution in [0.5, 0.6) is 0 Å². The normalized spacial score (nSPS) is 17.5. The van der Waals surface area contributed by atoms with Gasteiger partial charge in [0.05, 0.1) is 0 Å². The number of hydrogen-bond acceptors (Lipinski definition) is 3. The van der Waals surface area contributed by atoms with E-state index in [2.05, 4.69) is 14.2 Å². The molecule has 1 heterocycles. The average Bonchev–Trinajstić information content (AvgIpc) is 2.68. The fourth-order valence-electron chi connectivity index (χ4n) is 0.368. The Morgan fingerprint density at radius 2 is 1.25 bits per heavy atom. The summed E-state index contributed by atoms with van der Waals surface area (Å²) in [7, 11) is 2.73. The Hall–Kier alpha value is 0.0969. The fraction of sp³-hybridized carbons (Fsp3) is 1.00. The molecule has 1 saturated carbocycles. The van der Waals surface area contributed by atoms with E-state index in [0.717, 1.165) is 0 Å². The Morgan fingerprint density at radius 3 is 1.25 bits per heavy atom. The van der Waals surface area contributed by atoms with Gasteiger partial charge in [0.25, 0.3) is 0 Å². The van der Waals surface area contributed by atoms with Gasteiger partial charge in [-0.3, -0.25) is 0 Å². The van der Waals surface area contributed by atoms with Gasteiger partial charge in [-0.2, -0.15) is 0 Å². The molecule has 0 unspecified atom stereocenters. The summed E-state index contributed by atoms with van der Waals surface area (Å²) >= 11 is 0. The van der Waals surface area contributed by atoms with Gasteiger partial charge in [0.1, 0.15) is 0 Å². The van der Waals surface area contributed by atoms with Crippen LogP contribution in [0.1, 0.15) is 25.7 Å². The lowest BCUT2D eigenvalue weighted by atomic mass is 10.0. The fourth-order valence-corrected chi connectivity index (χ4v) is 0.604. The van der Waals surface area contributed by atoms with Crippen molar-refractivity contribution >= 4 is 10.0 Å². The molecule has 0 radical (unpaired) electrons. The molecule has 0 bridgehead atoms. The molecular formula is C8H21NO2Si. The van der Waals surface area contributed by atoms with E-state index < -0.39 is 10.0 Å². The maximum absolute atomic E-state index is 4.61. The van der Waals surface area contributed by atoms with Gasteiger partial charge >= 0.3 is 10.0 Å². The third kappa shape index (κ3) is 16.6. The molecule has 1 saturated heterocycles. The van der Waals surface area contributed by atoms with E-state index in [-0.39, 0.29) is 0 Å². The smallest absolute Gasteiger partial charge is 0.303 e. The second kappa shape index (κ2) is 11.1. The minimum absolute atomic E-state index is 0.568. The van der Waals surface area contributed by atoms with Gasteiger partial charge in [-0.15, -0.1) is 0 Å². The van der Waals surface area contributed by atoms with Crippen molar-refractivity contribution in [1.82, 2.24) is 5.32 Å². The SMILES string of the molecule is C1CCC1.C1CN1.CO[SiH2]OC. The molecule has 0 spiro atoms. The van der Waals surface area contributed by atoms with Crippen molar-refractivity contribution in [3.63, 3.8) is 0 Å². The number of rotatable bonds is 2. The second-order valence-corrected chi connectivity index (χ2v) is 4.25. The molecule has 0 atom stereocenters. The monoisotopic (exact) mass is 191 g/mol. The first-order chi connectivity index (χ1) is 5.91. The predicted molar refractivity (Wildman–Crippen MR) is 53.9 cm³/mol. The summed E-state index contributed by atoms with van der Waals surface area (Å²) in [6.45, 7) is 2.50. The van der Waals surface area contributed by atoms with Crippen LogP contribution in [0.15, 0.2) is 0 Å². The van der Waals surface area contributed by atoms with E-state index in [9.17, 15) is 0 Å². The highest BCUT2D eigenvalue weighted by molar-refractivity contribution is 6.17. The molecule has 0 amide bonds. The number of nitrogens with one attached hydrogen (secondary N) is 1. The molecule has 1 aliphatic heterocycles. The predicted octanol–water partition coefficient (Wildman–Crippen LogP) is 0.428. The molecule has 2 rings (SSSR count). The highest BCUT2D eigenvalue weighted by Gasteiger charge is 1.95. The van der Waals surface area contributed by atoms with Crippen LogP contribution >= 0.6 is 0 Å². The van der Waals surface area contributed by atoms with Crippen molar-refractivity contribution in [2.45, 2.75) is 25.7 Å². The Labute approximate surface area is 77.9 Å². The van der Waals surface area contributed by atoms with Crippen LogP contribution < -0.4 is 5.32 Å². The van der Waals surface area contributed by atoms with Gasteiger partial charge in [0.15, 0.2) is 0 Å². The third-order valence-corrected chi connectivity index (χ3v) is 1.96. The maximum atomic E-state index is 4.61. The van der Waals surface area contributed by atoms with Crippen LogP contribution in [0.4, 0.5) is 0 Å². The van der Waals surface area contributed by atoms with Crippen molar-refractivity contribution in [3.05, 3.63) is 0 Å². The van der Waals surface area contributed by atoms with Gasteiger partial charge < -0.3 is 14.2 Å². The van der Waals surface area contributed by atoms with E-state index in [0.29, 0.717) is 0 Å². The van der Waals surface area contributed by atoms with Crippen LogP contribution in [0.3, 0.4) is 0 Å². The zero-order chi connectivity index (χ0) is 9.07. The zero-order valence-electron chi connectivity index (χ0n) is 8.27. The van der Waals surface area contributed by atoms with Crippen LogP contribution in [0.25, 0.3) is 0 Å². The molecule has 0 aromatic rings. The summed E-state index contributed by atoms with van der Waals surface area (Å²) in [5, 5.41) is 3.00. The highest BCUT2D eigenvalue weighted by Crippen LogP contribution is 2.15. The summed E-state index contributed by atoms with van der Waals surface area (Å²) in [6, 6.07) is 0. The van der Waals surface area contributed by atoms with E-state index in [1.807, 2.05) is 0 Å². The Bertz CT molecular complexity index is 68.7. The second-order valence-electron chi connectivity index (χ2n) is 2.86. The molecule has 0 aromatic carbocycles. The first-order valence-electron chi connectivity index (χ1n) is 4.60. The molecule has 1 aliphatic carbocycles. The molecule has 1 N–H and O–H groups in total. The van der Waals surface area contributed by atoms with E-state index >= 15 is 0 Å². The summed E-state index contributed by atoms with van der Waals surface area (Å²) in [6.07, 6.45) is 6.00. The van der Waals surface area contributed by atoms with Gasteiger partial charge in [-0.25, -0.2) is 0 Å². The molecule has 74 valence electrons. The lowest BCUT2D eigenvalue weighted by Crippen LogP contribution is -1.93. The molecule has 0 aromatic heterocycles. The Kier molecular flexibility index (Phi) is 11.2. The van der Waals surface area contributed by atoms with Gasteiger partial charge in [0, 0.05) is 27.3 Å². The third-order valence-electron chi connectivity index (χ3n) is 1.49. The maximum Gasteiger partial charge on any atom is 0.303 e. The molecule has 2 fully saturated rings. The van der Waals surface area contributed by atoms with Crippen molar-refractivity contribution in [2.75, 3.05) is 27.3 Å². The Morgan fingerprint density at radius 1 is 0.917 bits per heavy atom. The Balaban J connectivity index is 0.000000155. The molecule has 4 heteroatoms. The first-order valence-corrected chi connectivity index (χ1v) is 5.76. The topological polar surface area (TPSA) is 40.4 Å². The summed E-state index contributed by atoms with van der Waals surface area (Å²) in [5.41, 5.74) is 0. The molecule has 12 heavy (non-hydrogen) atoms. The van der Waals surface area contributed by atoms with Crippen molar-refractivity contribution < 1.29 is 8.85 Å². The molecule has 2 aliphatic rings. The molecule has 3 nitrogen and oxygen atoms in total. The zero-order valence-corrected chi connectivity index (χ0v) is 9.68. The van der Waals surface area contributed by atoms with E-state index in [1.165, 1.54) is 38.8 Å². The lowest BCUT2D eigenvalue weighted by Gasteiger charge is -2.05. The van der Waals surface area contributed by atoms with E-state index in [1.54, 1.807) is 14.2 Å². The minimum Gasteiger partial charge on any atom is -0.402 e. The van der Waals surface area contributed by atoms with Crippen LogP contribution in [0.2, 0.25) is 0 Å². The van der Waals surface area contributed by atoms with Crippen LogP contribution in [-0.2, 0) is 8.85 Å². The van der Waals surface area contributed by atoms with Gasteiger partial charge in [-0.05, 0) is 0 Å². The van der Waals surface area contributed by atoms with Crippen LogP contribution in [0, 0.1) is 0 Å². The lowest BCUT2D eigenvalue weighted by molar-refractivity contribution is 0.309. The largest absolute Gasteiger partial charge is 0.402 e. The molecular weight excluding hydrogens is 170 g/mol. The van der Waals surface area contributed by atoms with Gasteiger partial charge in [0.2, 0.25) is 0 Å². The van der Waals surface area contributed by atoms with Crippen LogP contribution in [-0.4, -0.2) is 37.3 Å². The van der Waals surface area contributed by atoms with E-state index in [4.69, 9.17) is 0 Å². The summed E-state index contributed by atoms with van der Waals surface area (Å²) in [5.74, 6) is 0. The van der Waals surface area contributed by atoms with Crippen molar-refractivity contribution in [1.29, 1.82) is 0 Å². The van der Waals surface area contributed by atoms with Crippen molar-refractivity contribution in [3.8, 4) is 0 Å². The quantitative estimate of drug-likeness (QED) is 0.508. The summed E-state index contributed by atoms with van der Waals surface area (Å²) in [4.78, 5) is 0. The standard InChI is InChI=1S/C4H8.C2H5N.C2H8O2Si/c1-2-4-3-1;1-2-3-1;1-3-5-4-2/h1-4H2;3H,1-2H2;5H2,1-2H3. The van der Waals surface area contributed by atoms with Crippen molar-refractivity contribution in [2.24, 2.45) is 0 Å². The highest BCUT2D eigenvalue weighted by atomic mass is 28.3.